The molecule has 0 aliphatic carbocycles. The molecule has 0 saturated heterocycles. The molecule has 230 valence electrons. The Bertz CT molecular complexity index is 515. The van der Waals surface area contributed by atoms with Gasteiger partial charge in [0.15, 0.2) is 0 Å². The first kappa shape index (κ1) is 51.0. The predicted molar refractivity (Wildman–Crippen MR) is 164 cm³/mol. The van der Waals surface area contributed by atoms with Crippen molar-refractivity contribution in [2.75, 3.05) is 40.1 Å². The number of alkyl halides is 1. The fourth-order valence-corrected chi connectivity index (χ4v) is 2.72. The quantitative estimate of drug-likeness (QED) is 0.0876. The molecule has 0 fully saturated rings. The van der Waals surface area contributed by atoms with Crippen LogP contribution in [0.15, 0.2) is 25.3 Å². The first-order chi connectivity index (χ1) is 17.8. The zero-order valence-corrected chi connectivity index (χ0v) is 28.5. The molecule has 0 radical (unpaired) electrons. The predicted octanol–water partition coefficient (Wildman–Crippen LogP) is 5.68. The summed E-state index contributed by atoms with van der Waals surface area (Å²) in [4.78, 5) is 22.4. The zero-order valence-electron chi connectivity index (χ0n) is 27.7. The Labute approximate surface area is 260 Å². The minimum atomic E-state index is -0.591. The van der Waals surface area contributed by atoms with Crippen LogP contribution in [0.1, 0.15) is 94.4 Å². The summed E-state index contributed by atoms with van der Waals surface area (Å²) in [6.07, 6.45) is 8.33. The SMILES string of the molecule is C=CCC(C)(COC)C(=O)OCC.C=CCC(C)C(=O)OCC.CC(C)CC(C)C.COCCl.[CH2-]CCC.[Li+]. The molecule has 0 saturated carbocycles. The molecule has 39 heavy (non-hydrogen) atoms. The minimum Gasteiger partial charge on any atom is -0.466 e. The van der Waals surface area contributed by atoms with Gasteiger partial charge in [0, 0.05) is 14.2 Å². The molecule has 2 unspecified atom stereocenters. The van der Waals surface area contributed by atoms with Crippen molar-refractivity contribution in [3.63, 3.8) is 0 Å². The summed E-state index contributed by atoms with van der Waals surface area (Å²) in [6, 6.07) is 0.292. The summed E-state index contributed by atoms with van der Waals surface area (Å²) in [7, 11) is 3.12. The summed E-state index contributed by atoms with van der Waals surface area (Å²) in [6.45, 7) is 30.4. The first-order valence-electron chi connectivity index (χ1n) is 13.7. The number of hydrogen-bond acceptors (Lipinski definition) is 6. The molecule has 0 aromatic heterocycles. The van der Waals surface area contributed by atoms with E-state index >= 15 is 0 Å². The Morgan fingerprint density at radius 2 is 1.36 bits per heavy atom. The number of rotatable bonds is 14. The minimum absolute atomic E-state index is 0. The van der Waals surface area contributed by atoms with Gasteiger partial charge in [0.05, 0.1) is 31.2 Å². The molecule has 0 aromatic carbocycles. The van der Waals surface area contributed by atoms with E-state index in [-0.39, 0.29) is 36.7 Å². The summed E-state index contributed by atoms with van der Waals surface area (Å²) in [5, 5.41) is 0. The van der Waals surface area contributed by atoms with E-state index in [0.29, 0.717) is 38.7 Å². The second-order valence-electron chi connectivity index (χ2n) is 9.66. The van der Waals surface area contributed by atoms with Crippen LogP contribution in [0, 0.1) is 30.1 Å². The van der Waals surface area contributed by atoms with E-state index in [4.69, 9.17) is 25.8 Å². The van der Waals surface area contributed by atoms with Crippen molar-refractivity contribution in [2.24, 2.45) is 23.2 Å². The van der Waals surface area contributed by atoms with E-state index in [0.717, 1.165) is 18.3 Å². The summed E-state index contributed by atoms with van der Waals surface area (Å²) in [5.41, 5.74) is -0.591. The van der Waals surface area contributed by atoms with Crippen LogP contribution in [0.3, 0.4) is 0 Å². The molecule has 8 heteroatoms. The van der Waals surface area contributed by atoms with Crippen LogP contribution in [0.5, 0.6) is 0 Å². The van der Waals surface area contributed by atoms with E-state index < -0.39 is 5.41 Å². The normalized spacial score (nSPS) is 11.6. The van der Waals surface area contributed by atoms with E-state index in [1.807, 2.05) is 13.8 Å². The number of hydrogen-bond donors (Lipinski definition) is 0. The Morgan fingerprint density at radius 1 is 0.923 bits per heavy atom. The van der Waals surface area contributed by atoms with Crippen LogP contribution in [-0.2, 0) is 28.5 Å². The van der Waals surface area contributed by atoms with Crippen molar-refractivity contribution >= 4 is 23.5 Å². The molecule has 0 aliphatic heterocycles. The third kappa shape index (κ3) is 44.5. The molecule has 0 N–H and O–H groups in total. The molecule has 0 aliphatic rings. The molecule has 2 atom stereocenters. The average Bonchev–Trinajstić information content (AvgIpc) is 2.85. The van der Waals surface area contributed by atoms with Crippen LogP contribution < -0.4 is 18.9 Å². The first-order valence-corrected chi connectivity index (χ1v) is 14.2. The molecule has 6 nitrogen and oxygen atoms in total. The van der Waals surface area contributed by atoms with Gasteiger partial charge in [-0.25, -0.2) is 0 Å². The van der Waals surface area contributed by atoms with Crippen molar-refractivity contribution in [3.8, 4) is 0 Å². The molecular weight excluding hydrogens is 511 g/mol. The zero-order chi connectivity index (χ0) is 31.0. The second kappa shape index (κ2) is 39.4. The molecule has 0 amide bonds. The summed E-state index contributed by atoms with van der Waals surface area (Å²) < 4.78 is 19.0. The Kier molecular flexibility index (Phi) is 51.5. The molecule has 0 spiro atoms. The number of ether oxygens (including phenoxy) is 4. The Morgan fingerprint density at radius 3 is 1.59 bits per heavy atom. The van der Waals surface area contributed by atoms with E-state index in [1.54, 1.807) is 40.2 Å². The van der Waals surface area contributed by atoms with Crippen LogP contribution >= 0.6 is 11.6 Å². The van der Waals surface area contributed by atoms with Gasteiger partial charge in [0.25, 0.3) is 0 Å². The number of allylic oxidation sites excluding steroid dienone is 2. The third-order valence-corrected chi connectivity index (χ3v) is 4.66. The fraction of sp³-hybridized carbons (Fsp3) is 0.774. The van der Waals surface area contributed by atoms with Crippen LogP contribution in [0.2, 0.25) is 0 Å². The van der Waals surface area contributed by atoms with Gasteiger partial charge in [-0.3, -0.25) is 9.59 Å². The number of methoxy groups -OCH3 is 2. The van der Waals surface area contributed by atoms with Crippen molar-refractivity contribution in [3.05, 3.63) is 32.2 Å². The van der Waals surface area contributed by atoms with Crippen LogP contribution in [-0.4, -0.2) is 52.0 Å². The second-order valence-corrected chi connectivity index (χ2v) is 9.88. The number of halogens is 1. The van der Waals surface area contributed by atoms with Crippen molar-refractivity contribution < 1.29 is 47.4 Å². The maximum atomic E-state index is 11.5. The Hall–Kier alpha value is -0.773. The monoisotopic (exact) mass is 572 g/mol. The van der Waals surface area contributed by atoms with Crippen LogP contribution in [0.25, 0.3) is 0 Å². The molecule has 0 rings (SSSR count). The molecule has 0 heterocycles. The number of carbonyl (C=O) groups excluding carboxylic acids is 2. The fourth-order valence-electron chi connectivity index (χ4n) is 2.72. The van der Waals surface area contributed by atoms with Crippen molar-refractivity contribution in [1.29, 1.82) is 0 Å². The van der Waals surface area contributed by atoms with E-state index in [1.165, 1.54) is 12.8 Å². The van der Waals surface area contributed by atoms with Gasteiger partial charge in [-0.15, -0.1) is 13.2 Å². The number of carbonyl (C=O) groups is 2. The largest absolute Gasteiger partial charge is 1.00 e. The van der Waals surface area contributed by atoms with Gasteiger partial charge < -0.3 is 25.9 Å². The number of unbranched alkanes of at least 4 members (excludes halogenated alkanes) is 1. The summed E-state index contributed by atoms with van der Waals surface area (Å²) >= 11 is 4.96. The van der Waals surface area contributed by atoms with Crippen molar-refractivity contribution in [1.82, 2.24) is 0 Å². The smallest absolute Gasteiger partial charge is 0.466 e. The average molecular weight is 573 g/mol. The van der Waals surface area contributed by atoms with Gasteiger partial charge in [0.1, 0.15) is 6.07 Å². The van der Waals surface area contributed by atoms with Gasteiger partial charge >= 0.3 is 30.8 Å². The van der Waals surface area contributed by atoms with Crippen LogP contribution in [0.4, 0.5) is 0 Å². The number of esters is 2. The Balaban J connectivity index is -0.0000000933. The van der Waals surface area contributed by atoms with Gasteiger partial charge in [-0.05, 0) is 51.9 Å². The van der Waals surface area contributed by atoms with Crippen molar-refractivity contribution in [2.45, 2.75) is 94.4 Å². The maximum absolute atomic E-state index is 11.5. The van der Waals surface area contributed by atoms with E-state index in [9.17, 15) is 9.59 Å². The van der Waals surface area contributed by atoms with Gasteiger partial charge in [-0.2, -0.15) is 6.42 Å². The molecular formula is C31H62ClLiO6. The topological polar surface area (TPSA) is 71.1 Å². The third-order valence-electron chi connectivity index (χ3n) is 4.44. The summed E-state index contributed by atoms with van der Waals surface area (Å²) in [5.74, 6) is 1.34. The van der Waals surface area contributed by atoms with E-state index in [2.05, 4.69) is 59.4 Å². The van der Waals surface area contributed by atoms with Gasteiger partial charge in [0.2, 0.25) is 0 Å². The standard InChI is InChI=1S/C10H18O3.C8H14O2.C7H16.C4H9.C2H5ClO.Li/c1-5-7-10(3,8-12-4)9(11)13-6-2;1-4-6-7(3)8(9)10-5-2;1-6(2)5-7(3)4;1-3-4-2;1-4-2-3;/h5H,1,6-8H2,2-4H3;4,7H,1,5-6H2,2-3H3;6-7H,5H2,1-4H3;1,3-4H2,2H3;2H2,1H3;/q;;;-1;;+1. The molecule has 0 aromatic rings. The van der Waals surface area contributed by atoms with Gasteiger partial charge in [-0.1, -0.05) is 71.7 Å². The molecule has 0 bridgehead atoms. The maximum Gasteiger partial charge on any atom is 1.00 e.